The van der Waals surface area contributed by atoms with Crippen molar-refractivity contribution in [2.75, 3.05) is 4.90 Å². The molecule has 1 aliphatic heterocycles. The Morgan fingerprint density at radius 3 is 1.50 bits per heavy atom. The monoisotopic (exact) mass is 525 g/mol. The third kappa shape index (κ3) is 4.76. The van der Waals surface area contributed by atoms with Crippen LogP contribution in [-0.4, -0.2) is 36.6 Å². The molecule has 0 radical (unpaired) electrons. The normalized spacial score (nSPS) is 24.3. The Balaban J connectivity index is 2.54. The molecule has 0 saturated carbocycles. The minimum atomic E-state index is -2.34. The molecule has 2 nitrogen and oxygen atoms in total. The van der Waals surface area contributed by atoms with Crippen molar-refractivity contribution in [2.45, 2.75) is 90.0 Å². The van der Waals surface area contributed by atoms with Crippen LogP contribution in [0.1, 0.15) is 20.3 Å². The van der Waals surface area contributed by atoms with E-state index in [4.69, 9.17) is 4.12 Å². The minimum Gasteiger partial charge on any atom is -0.456 e. The lowest BCUT2D eigenvalue weighted by Gasteiger charge is -2.67. The Kier molecular flexibility index (Phi) is 7.54. The summed E-state index contributed by atoms with van der Waals surface area (Å²) in [6.45, 7) is 27.8. The van der Waals surface area contributed by atoms with Crippen LogP contribution >= 0.6 is 0 Å². The van der Waals surface area contributed by atoms with Gasteiger partial charge in [-0.1, -0.05) is 86.8 Å². The third-order valence-electron chi connectivity index (χ3n) is 7.77. The van der Waals surface area contributed by atoms with Crippen LogP contribution in [0.5, 0.6) is 0 Å². The van der Waals surface area contributed by atoms with E-state index in [0.29, 0.717) is 0 Å². The molecule has 0 saturated heterocycles. The van der Waals surface area contributed by atoms with Crippen molar-refractivity contribution in [3.63, 3.8) is 0 Å². The largest absolute Gasteiger partial charge is 0.456 e. The summed E-state index contributed by atoms with van der Waals surface area (Å²) >= 11 is 0. The fourth-order valence-corrected chi connectivity index (χ4v) is 43.2. The van der Waals surface area contributed by atoms with E-state index in [0.717, 1.165) is 6.42 Å². The summed E-state index contributed by atoms with van der Waals surface area (Å²) in [6, 6.07) is 23.6. The van der Waals surface area contributed by atoms with Gasteiger partial charge in [0, 0.05) is 11.4 Å². The van der Waals surface area contributed by atoms with Gasteiger partial charge in [0.1, 0.15) is 0 Å². The van der Waals surface area contributed by atoms with E-state index in [1.165, 1.54) is 17.4 Å². The van der Waals surface area contributed by atoms with E-state index >= 15 is 0 Å². The number of rotatable bonds is 7. The van der Waals surface area contributed by atoms with Gasteiger partial charge in [-0.15, -0.1) is 0 Å². The highest BCUT2D eigenvalue weighted by molar-refractivity contribution is 7.44. The molecule has 1 aliphatic rings. The summed E-state index contributed by atoms with van der Waals surface area (Å²) < 4.78 is 7.81. The SMILES string of the molecule is CC1=C(C)C[Si@@](O[Si](C)(C)C)([Si](C)(C)C)[C@@](N(c2ccccc2)c2ccccc2)([Si](C)(C)C)C1. The van der Waals surface area contributed by atoms with Crippen molar-refractivity contribution in [1.29, 1.82) is 0 Å². The first-order valence-corrected chi connectivity index (χ1v) is 26.3. The predicted octanol–water partition coefficient (Wildman–Crippen LogP) is 8.93. The topological polar surface area (TPSA) is 12.5 Å². The molecule has 2 aromatic rings. The molecule has 0 spiro atoms. The van der Waals surface area contributed by atoms with Crippen LogP contribution in [0.3, 0.4) is 0 Å². The van der Waals surface area contributed by atoms with Gasteiger partial charge in [-0.3, -0.25) is 0 Å². The molecular weight excluding hydrogens is 479 g/mol. The number of para-hydroxylation sites is 2. The quantitative estimate of drug-likeness (QED) is 0.264. The van der Waals surface area contributed by atoms with Gasteiger partial charge in [0.15, 0.2) is 16.2 Å². The summed E-state index contributed by atoms with van der Waals surface area (Å²) in [6.07, 6.45) is 1.12. The van der Waals surface area contributed by atoms with Crippen LogP contribution < -0.4 is 4.90 Å². The van der Waals surface area contributed by atoms with Crippen molar-refractivity contribution in [3.05, 3.63) is 71.8 Å². The molecule has 0 N–H and O–H groups in total. The van der Waals surface area contributed by atoms with E-state index in [1.807, 2.05) is 0 Å². The minimum absolute atomic E-state index is 0.0249. The van der Waals surface area contributed by atoms with Gasteiger partial charge in [0.25, 0.3) is 0 Å². The highest BCUT2D eigenvalue weighted by Crippen LogP contribution is 2.56. The molecule has 6 heteroatoms. The van der Waals surface area contributed by atoms with Crippen LogP contribution in [0.2, 0.25) is 65.0 Å². The van der Waals surface area contributed by atoms with Crippen LogP contribution in [0.25, 0.3) is 0 Å². The van der Waals surface area contributed by atoms with E-state index < -0.39 is 31.8 Å². The van der Waals surface area contributed by atoms with Gasteiger partial charge >= 0.3 is 0 Å². The van der Waals surface area contributed by atoms with E-state index in [-0.39, 0.29) is 4.79 Å². The van der Waals surface area contributed by atoms with Crippen LogP contribution in [0.15, 0.2) is 71.8 Å². The summed E-state index contributed by atoms with van der Waals surface area (Å²) in [5.41, 5.74) is 5.82. The zero-order valence-corrected chi connectivity index (χ0v) is 27.5. The van der Waals surface area contributed by atoms with Crippen LogP contribution in [0.4, 0.5) is 11.4 Å². The van der Waals surface area contributed by atoms with Gasteiger partial charge < -0.3 is 9.02 Å². The first-order valence-electron chi connectivity index (χ1n) is 12.8. The average Bonchev–Trinajstić information content (AvgIpc) is 2.70. The molecule has 0 aromatic heterocycles. The molecule has 3 rings (SSSR count). The van der Waals surface area contributed by atoms with Crippen molar-refractivity contribution in [2.24, 2.45) is 0 Å². The molecule has 2 atom stereocenters. The number of anilines is 2. The lowest BCUT2D eigenvalue weighted by Crippen LogP contribution is -2.87. The first kappa shape index (κ1) is 27.4. The maximum absolute atomic E-state index is 7.81. The van der Waals surface area contributed by atoms with E-state index in [9.17, 15) is 0 Å². The lowest BCUT2D eigenvalue weighted by atomic mass is 10.1. The Morgan fingerprint density at radius 2 is 1.15 bits per heavy atom. The molecule has 0 aliphatic carbocycles. The maximum Gasteiger partial charge on any atom is 0.192 e. The highest BCUT2D eigenvalue weighted by atomic mass is 29.3. The third-order valence-corrected chi connectivity index (χ3v) is 33.9. The Bertz CT molecular complexity index is 979. The Hall–Kier alpha value is -1.19. The maximum atomic E-state index is 7.81. The van der Waals surface area contributed by atoms with Gasteiger partial charge in [0.2, 0.25) is 0 Å². The molecule has 2 aromatic carbocycles. The molecule has 0 bridgehead atoms. The standard InChI is InChI=1S/C28H47NOSi4/c1-24-22-28(31(3,4)5,34(23-25(24)2,33(9,10)11)30-32(6,7)8)29(26-18-14-12-15-19-26)27-20-16-13-17-21-27/h12-21H,22-23H2,1-11H3/t28-,34+/m0/s1. The fraction of sp³-hybridized carbons (Fsp3) is 0.500. The summed E-state index contributed by atoms with van der Waals surface area (Å²) in [7, 11) is -7.78. The zero-order valence-electron chi connectivity index (χ0n) is 23.5. The lowest BCUT2D eigenvalue weighted by molar-refractivity contribution is 0.494. The number of hydrogen-bond acceptors (Lipinski definition) is 2. The van der Waals surface area contributed by atoms with E-state index in [1.54, 1.807) is 11.1 Å². The van der Waals surface area contributed by atoms with Gasteiger partial charge in [-0.2, -0.15) is 0 Å². The summed E-state index contributed by atoms with van der Waals surface area (Å²) in [5, 5.41) is 0. The Labute approximate surface area is 213 Å². The average molecular weight is 526 g/mol. The molecule has 1 heterocycles. The molecule has 0 fully saturated rings. The molecule has 0 unspecified atom stereocenters. The van der Waals surface area contributed by atoms with Gasteiger partial charge in [0.05, 0.1) is 20.5 Å². The number of allylic oxidation sites excluding steroid dienone is 1. The highest BCUT2D eigenvalue weighted by Gasteiger charge is 2.71. The van der Waals surface area contributed by atoms with Gasteiger partial charge in [-0.05, 0) is 70.2 Å². The summed E-state index contributed by atoms with van der Waals surface area (Å²) in [5.74, 6) is 0. The van der Waals surface area contributed by atoms with Crippen molar-refractivity contribution < 1.29 is 4.12 Å². The summed E-state index contributed by atoms with van der Waals surface area (Å²) in [4.78, 5) is 2.83. The van der Waals surface area contributed by atoms with Crippen LogP contribution in [-0.2, 0) is 4.12 Å². The predicted molar refractivity (Wildman–Crippen MR) is 162 cm³/mol. The smallest absolute Gasteiger partial charge is 0.192 e. The van der Waals surface area contributed by atoms with E-state index in [2.05, 4.69) is 138 Å². The Morgan fingerprint density at radius 1 is 0.706 bits per heavy atom. The molecular formula is C28H47NOSi4. The molecule has 34 heavy (non-hydrogen) atoms. The number of benzene rings is 2. The van der Waals surface area contributed by atoms with Crippen molar-refractivity contribution in [3.8, 4) is 0 Å². The number of nitrogens with zero attached hydrogens (tertiary/aromatic N) is 1. The second kappa shape index (κ2) is 9.35. The molecule has 186 valence electrons. The van der Waals surface area contributed by atoms with Crippen molar-refractivity contribution >= 4 is 43.2 Å². The number of hydrogen-bond donors (Lipinski definition) is 0. The van der Waals surface area contributed by atoms with Gasteiger partial charge in [-0.25, -0.2) is 0 Å². The fourth-order valence-electron chi connectivity index (χ4n) is 6.24. The zero-order chi connectivity index (χ0) is 25.6. The van der Waals surface area contributed by atoms with Crippen molar-refractivity contribution in [1.82, 2.24) is 0 Å². The second-order valence-electron chi connectivity index (χ2n) is 13.3. The second-order valence-corrected chi connectivity index (χ2v) is 38.4. The first-order chi connectivity index (χ1) is 15.6. The molecule has 0 amide bonds. The van der Waals surface area contributed by atoms with Crippen LogP contribution in [0, 0.1) is 0 Å².